The van der Waals surface area contributed by atoms with E-state index in [1.165, 1.54) is 6.42 Å². The van der Waals surface area contributed by atoms with Crippen LogP contribution < -0.4 is 31.6 Å². The second-order valence-corrected chi connectivity index (χ2v) is 16.9. The lowest BCUT2D eigenvalue weighted by molar-refractivity contribution is -0.183. The average molecular weight is 745 g/mol. The first kappa shape index (κ1) is 41.1. The van der Waals surface area contributed by atoms with E-state index >= 15 is 0 Å². The number of carbonyl (C=O) groups is 2. The van der Waals surface area contributed by atoms with E-state index < -0.39 is 17.0 Å². The highest BCUT2D eigenvalue weighted by Gasteiger charge is 2.63. The molecule has 11 heteroatoms. The summed E-state index contributed by atoms with van der Waals surface area (Å²) in [6.07, 6.45) is 8.37. The molecule has 0 spiro atoms. The third kappa shape index (κ3) is 9.40. The van der Waals surface area contributed by atoms with Gasteiger partial charge in [0.05, 0.1) is 36.9 Å². The number of aliphatic imine (C=N–C) groups is 1. The first-order valence-electron chi connectivity index (χ1n) is 19.8. The number of benzene rings is 2. The van der Waals surface area contributed by atoms with Gasteiger partial charge in [-0.25, -0.2) is 9.79 Å². The zero-order chi connectivity index (χ0) is 39.2. The van der Waals surface area contributed by atoms with E-state index in [9.17, 15) is 9.59 Å². The van der Waals surface area contributed by atoms with Crippen LogP contribution in [-0.4, -0.2) is 81.1 Å². The van der Waals surface area contributed by atoms with Crippen molar-refractivity contribution in [3.63, 3.8) is 0 Å². The van der Waals surface area contributed by atoms with Crippen molar-refractivity contribution in [2.24, 2.45) is 40.1 Å². The molecule has 2 aromatic carbocycles. The van der Waals surface area contributed by atoms with Crippen LogP contribution in [0.25, 0.3) is 0 Å². The van der Waals surface area contributed by atoms with E-state index in [1.54, 1.807) is 20.3 Å². The fraction of sp³-hybridized carbons (Fsp3) is 0.605. The normalized spacial score (nSPS) is 23.8. The maximum atomic E-state index is 14.3. The minimum atomic E-state index is -1.14. The van der Waals surface area contributed by atoms with Gasteiger partial charge in [0.25, 0.3) is 5.91 Å². The Bertz CT molecular complexity index is 1650. The molecular formula is C43H64N6O5. The van der Waals surface area contributed by atoms with Crippen molar-refractivity contribution in [3.8, 4) is 11.5 Å². The molecule has 2 aromatic rings. The number of nitrogens with two attached hydrogens (primary N) is 2. The number of anilines is 1. The zero-order valence-corrected chi connectivity index (χ0v) is 33.8. The Morgan fingerprint density at radius 2 is 1.59 bits per heavy atom. The van der Waals surface area contributed by atoms with Crippen molar-refractivity contribution in [3.05, 3.63) is 59.3 Å². The number of amides is 1. The minimum absolute atomic E-state index is 0.000548. The van der Waals surface area contributed by atoms with Crippen molar-refractivity contribution in [1.29, 1.82) is 0 Å². The molecule has 0 saturated heterocycles. The number of hydrogen-bond acceptors (Lipinski definition) is 10. The van der Waals surface area contributed by atoms with Crippen molar-refractivity contribution in [1.82, 2.24) is 10.2 Å². The average Bonchev–Trinajstić information content (AvgIpc) is 3.12. The van der Waals surface area contributed by atoms with Crippen molar-refractivity contribution < 1.29 is 23.8 Å². The molecule has 0 heterocycles. The fourth-order valence-electron chi connectivity index (χ4n) is 9.03. The summed E-state index contributed by atoms with van der Waals surface area (Å²) in [4.78, 5) is 36.0. The van der Waals surface area contributed by atoms with E-state index in [0.29, 0.717) is 41.2 Å². The molecule has 0 radical (unpaired) electrons. The standard InChI is InChI=1S/C43H64N6O5/c1-27(2)33-25-32(46-17-11-19-49(6)18-10-16-44)14-15-35(33)47-36(39-37(52-7)12-9-13-38(39)53-8)26-34(45)40(50)48-43(41(51)54-42(3,4)5)30-21-28-20-29(23-30)24-31(43)22-28/h9,12-15,25-31,46H,10-11,16-24,44-45H2,1-8H3,(H,48,50)/b34-26-,47-36?. The van der Waals surface area contributed by atoms with Gasteiger partial charge in [0.1, 0.15) is 22.6 Å². The summed E-state index contributed by atoms with van der Waals surface area (Å²) in [6.45, 7) is 13.4. The topological polar surface area (TPSA) is 154 Å². The molecule has 6 rings (SSSR count). The molecule has 1 amide bonds. The Morgan fingerprint density at radius 1 is 0.981 bits per heavy atom. The van der Waals surface area contributed by atoms with Gasteiger partial charge in [-0.2, -0.15) is 0 Å². The molecule has 6 N–H and O–H groups in total. The lowest BCUT2D eigenvalue weighted by atomic mass is 9.48. The van der Waals surface area contributed by atoms with Crippen LogP contribution in [0.1, 0.15) is 96.6 Å². The Labute approximate surface area is 322 Å². The van der Waals surface area contributed by atoms with Gasteiger partial charge in [0.2, 0.25) is 0 Å². The molecule has 4 aliphatic carbocycles. The molecule has 0 unspecified atom stereocenters. The maximum Gasteiger partial charge on any atom is 0.332 e. The first-order valence-corrected chi connectivity index (χ1v) is 19.8. The smallest absolute Gasteiger partial charge is 0.332 e. The van der Waals surface area contributed by atoms with E-state index in [-0.39, 0.29) is 29.4 Å². The molecule has 4 saturated carbocycles. The number of nitrogens with one attached hydrogen (secondary N) is 2. The number of nitrogens with zero attached hydrogens (tertiary/aromatic N) is 2. The SMILES string of the molecule is COc1cccc(OC)c1C(/C=C(\N)C(=O)NC1(C(=O)OC(C)(C)C)C2CC3CC(C2)CC1C3)=Nc1ccc(NCCCN(C)CCCN)cc1C(C)C. The largest absolute Gasteiger partial charge is 0.496 e. The maximum absolute atomic E-state index is 14.3. The van der Waals surface area contributed by atoms with Gasteiger partial charge in [-0.15, -0.1) is 0 Å². The summed E-state index contributed by atoms with van der Waals surface area (Å²) in [5.41, 5.74) is 14.2. The van der Waals surface area contributed by atoms with Crippen LogP contribution in [0.5, 0.6) is 11.5 Å². The zero-order valence-electron chi connectivity index (χ0n) is 33.8. The highest BCUT2D eigenvalue weighted by molar-refractivity contribution is 6.16. The predicted octanol–water partition coefficient (Wildman–Crippen LogP) is 6.53. The molecule has 0 aromatic heterocycles. The van der Waals surface area contributed by atoms with E-state index in [0.717, 1.165) is 75.1 Å². The molecular weight excluding hydrogens is 681 g/mol. The van der Waals surface area contributed by atoms with Crippen molar-refractivity contribution >= 4 is 29.0 Å². The predicted molar refractivity (Wildman–Crippen MR) is 217 cm³/mol. The third-order valence-electron chi connectivity index (χ3n) is 11.4. The van der Waals surface area contributed by atoms with Crippen molar-refractivity contribution in [2.45, 2.75) is 96.6 Å². The quantitative estimate of drug-likeness (QED) is 0.0613. The molecule has 4 aliphatic rings. The first-order chi connectivity index (χ1) is 25.7. The molecule has 4 fully saturated rings. The number of methoxy groups -OCH3 is 2. The Balaban J connectivity index is 1.50. The number of hydrogen-bond donors (Lipinski definition) is 4. The summed E-state index contributed by atoms with van der Waals surface area (Å²) >= 11 is 0. The molecule has 4 bridgehead atoms. The molecule has 11 nitrogen and oxygen atoms in total. The number of carbonyl (C=O) groups excluding carboxylic acids is 2. The second kappa shape index (κ2) is 17.6. The molecule has 0 aliphatic heterocycles. The van der Waals surface area contributed by atoms with Gasteiger partial charge in [-0.05, 0) is 164 Å². The summed E-state index contributed by atoms with van der Waals surface area (Å²) in [7, 11) is 5.30. The highest BCUT2D eigenvalue weighted by Crippen LogP contribution is 2.59. The van der Waals surface area contributed by atoms with Gasteiger partial charge in [-0.1, -0.05) is 19.9 Å². The van der Waals surface area contributed by atoms with Crippen LogP contribution in [-0.2, 0) is 14.3 Å². The van der Waals surface area contributed by atoms with Crippen molar-refractivity contribution in [2.75, 3.05) is 52.8 Å². The van der Waals surface area contributed by atoms with E-state index in [1.807, 2.05) is 51.1 Å². The van der Waals surface area contributed by atoms with Crippen LogP contribution >= 0.6 is 0 Å². The summed E-state index contributed by atoms with van der Waals surface area (Å²) in [5.74, 6) is 1.45. The van der Waals surface area contributed by atoms with E-state index in [2.05, 4.69) is 42.5 Å². The van der Waals surface area contributed by atoms with Crippen LogP contribution in [0, 0.1) is 23.7 Å². The van der Waals surface area contributed by atoms with E-state index in [4.69, 9.17) is 30.7 Å². The Hall–Kier alpha value is -4.09. The van der Waals surface area contributed by atoms with Gasteiger partial charge >= 0.3 is 5.97 Å². The van der Waals surface area contributed by atoms with Gasteiger partial charge in [-0.3, -0.25) is 4.79 Å². The second-order valence-electron chi connectivity index (χ2n) is 16.9. The van der Waals surface area contributed by atoms with Gasteiger partial charge in [0.15, 0.2) is 0 Å². The molecule has 296 valence electrons. The van der Waals surface area contributed by atoms with Gasteiger partial charge < -0.3 is 41.2 Å². The van der Waals surface area contributed by atoms with Crippen LogP contribution in [0.4, 0.5) is 11.4 Å². The summed E-state index contributed by atoms with van der Waals surface area (Å²) in [5, 5.41) is 6.78. The monoisotopic (exact) mass is 744 g/mol. The summed E-state index contributed by atoms with van der Waals surface area (Å²) in [6, 6.07) is 11.6. The lowest BCUT2D eigenvalue weighted by Crippen LogP contribution is -2.71. The fourth-order valence-corrected chi connectivity index (χ4v) is 9.03. The third-order valence-corrected chi connectivity index (χ3v) is 11.4. The Morgan fingerprint density at radius 3 is 2.15 bits per heavy atom. The van der Waals surface area contributed by atoms with Crippen LogP contribution in [0.2, 0.25) is 0 Å². The number of allylic oxidation sites excluding steroid dienone is 1. The molecule has 54 heavy (non-hydrogen) atoms. The number of esters is 1. The summed E-state index contributed by atoms with van der Waals surface area (Å²) < 4.78 is 17.7. The van der Waals surface area contributed by atoms with Crippen LogP contribution in [0.15, 0.2) is 53.2 Å². The number of rotatable bonds is 17. The number of ether oxygens (including phenoxy) is 3. The Kier molecular flexibility index (Phi) is 13.4. The highest BCUT2D eigenvalue weighted by atomic mass is 16.6. The lowest BCUT2D eigenvalue weighted by Gasteiger charge is -2.59. The van der Waals surface area contributed by atoms with Gasteiger partial charge in [0, 0.05) is 12.2 Å². The minimum Gasteiger partial charge on any atom is -0.496 e. The molecule has 0 atom stereocenters. The van der Waals surface area contributed by atoms with Crippen LogP contribution in [0.3, 0.4) is 0 Å².